The Bertz CT molecular complexity index is 850. The minimum absolute atomic E-state index is 0.0301. The fourth-order valence-corrected chi connectivity index (χ4v) is 1.88. The van der Waals surface area contributed by atoms with Crippen LogP contribution in [0.2, 0.25) is 0 Å². The van der Waals surface area contributed by atoms with Crippen molar-refractivity contribution in [3.8, 4) is 0 Å². The first kappa shape index (κ1) is 27.2. The van der Waals surface area contributed by atoms with Gasteiger partial charge in [0.25, 0.3) is 0 Å². The molecule has 4 heteroatoms. The maximum atomic E-state index is 14.5. The third-order valence-electron chi connectivity index (χ3n) is 4.27. The van der Waals surface area contributed by atoms with Gasteiger partial charge in [0.1, 0.15) is 5.83 Å². The summed E-state index contributed by atoms with van der Waals surface area (Å²) in [5.74, 6) is -2.96. The molecule has 0 aliphatic heterocycles. The summed E-state index contributed by atoms with van der Waals surface area (Å²) in [4.78, 5) is 0. The van der Waals surface area contributed by atoms with Crippen molar-refractivity contribution < 1.29 is 17.9 Å². The van der Waals surface area contributed by atoms with E-state index in [1.165, 1.54) is 25.2 Å². The molecule has 162 valence electrons. The van der Waals surface area contributed by atoms with E-state index in [0.29, 0.717) is 12.2 Å². The maximum absolute atomic E-state index is 14.5. The molecule has 30 heavy (non-hydrogen) atoms. The van der Waals surface area contributed by atoms with Crippen molar-refractivity contribution in [2.45, 2.75) is 26.9 Å². The molecule has 0 aromatic carbocycles. The van der Waals surface area contributed by atoms with Crippen molar-refractivity contribution in [2.75, 3.05) is 6.61 Å². The molecule has 0 rings (SSSR count). The average Bonchev–Trinajstić information content (AvgIpc) is 2.72. The summed E-state index contributed by atoms with van der Waals surface area (Å²) < 4.78 is 47.7. The molecular weight excluding hydrogens is 385 g/mol. The molecular formula is C26H31F3O. The Balaban J connectivity index is 5.11. The highest BCUT2D eigenvalue weighted by Crippen LogP contribution is 2.27. The number of halogens is 3. The van der Waals surface area contributed by atoms with Crippen LogP contribution in [0.25, 0.3) is 0 Å². The largest absolute Gasteiger partial charge is 0.374 e. The minimum Gasteiger partial charge on any atom is -0.374 e. The Kier molecular flexibility index (Phi) is 11.5. The molecule has 2 unspecified atom stereocenters. The third kappa shape index (κ3) is 8.66. The second kappa shape index (κ2) is 12.7. The van der Waals surface area contributed by atoms with Gasteiger partial charge in [-0.05, 0) is 42.2 Å². The minimum atomic E-state index is -1.15. The van der Waals surface area contributed by atoms with Gasteiger partial charge in [0.15, 0.2) is 11.7 Å². The van der Waals surface area contributed by atoms with Gasteiger partial charge < -0.3 is 4.74 Å². The summed E-state index contributed by atoms with van der Waals surface area (Å²) in [7, 11) is 0. The molecule has 0 aliphatic carbocycles. The van der Waals surface area contributed by atoms with Crippen molar-refractivity contribution in [1.29, 1.82) is 0 Å². The smallest absolute Gasteiger partial charge is 0.166 e. The first-order valence-electron chi connectivity index (χ1n) is 9.29. The van der Waals surface area contributed by atoms with Crippen molar-refractivity contribution in [3.05, 3.63) is 121 Å². The van der Waals surface area contributed by atoms with E-state index in [1.807, 2.05) is 13.8 Å². The van der Waals surface area contributed by atoms with E-state index in [9.17, 15) is 13.2 Å². The molecule has 1 nitrogen and oxygen atoms in total. The normalized spacial score (nSPS) is 14.5. The Hall–Kier alpha value is -2.85. The van der Waals surface area contributed by atoms with Gasteiger partial charge >= 0.3 is 0 Å². The molecule has 0 saturated carbocycles. The van der Waals surface area contributed by atoms with E-state index in [1.54, 1.807) is 6.08 Å². The Morgan fingerprint density at radius 1 is 0.867 bits per heavy atom. The highest BCUT2D eigenvalue weighted by molar-refractivity contribution is 5.53. The standard InChI is InChI=1S/C26H31F3O/c1-11-21(8)30-15-20(7)19(6)14-24(27)22(9)17(4)12-13-18(5)23(10)26(29)25(28)16(2)3/h11-14,20-21H,1-2,4-6,9-10,15H2,3,7-8H3/b13-12-,24-14+,26-25-. The fraction of sp³-hybridized carbons (Fsp3) is 0.231. The summed E-state index contributed by atoms with van der Waals surface area (Å²) in [6.07, 6.45) is 5.58. The van der Waals surface area contributed by atoms with Crippen LogP contribution < -0.4 is 0 Å². The third-order valence-corrected chi connectivity index (χ3v) is 4.27. The molecule has 0 fully saturated rings. The summed E-state index contributed by atoms with van der Waals surface area (Å²) in [5.41, 5.74) is 0.601. The number of hydrogen-bond donors (Lipinski definition) is 0. The lowest BCUT2D eigenvalue weighted by atomic mass is 9.99. The van der Waals surface area contributed by atoms with E-state index < -0.39 is 17.5 Å². The average molecular weight is 417 g/mol. The lowest BCUT2D eigenvalue weighted by molar-refractivity contribution is 0.0808. The lowest BCUT2D eigenvalue weighted by Gasteiger charge is -2.15. The molecule has 0 saturated heterocycles. The van der Waals surface area contributed by atoms with Gasteiger partial charge in [-0.15, -0.1) is 6.58 Å². The fourth-order valence-electron chi connectivity index (χ4n) is 1.88. The molecule has 0 radical (unpaired) electrons. The SMILES string of the molecule is C=CC(C)OCC(C)C(=C)/C=C(/F)C(=C)C(=C)/C=C\C(=C)C(=C)/C(F)=C(/F)C(=C)C. The zero-order valence-corrected chi connectivity index (χ0v) is 18.2. The quantitative estimate of drug-likeness (QED) is 0.217. The molecule has 2 atom stereocenters. The predicted molar refractivity (Wildman–Crippen MR) is 123 cm³/mol. The van der Waals surface area contributed by atoms with E-state index in [0.717, 1.165) is 0 Å². The molecule has 0 N–H and O–H groups in total. The molecule has 0 aromatic heterocycles. The van der Waals surface area contributed by atoms with E-state index in [2.05, 4.69) is 46.1 Å². The van der Waals surface area contributed by atoms with Gasteiger partial charge in [0.05, 0.1) is 12.7 Å². The Morgan fingerprint density at radius 2 is 1.37 bits per heavy atom. The monoisotopic (exact) mass is 416 g/mol. The van der Waals surface area contributed by atoms with Crippen LogP contribution in [0.4, 0.5) is 13.2 Å². The zero-order valence-electron chi connectivity index (χ0n) is 18.2. The molecule has 0 spiro atoms. The summed E-state index contributed by atoms with van der Waals surface area (Å²) in [6, 6.07) is 0. The van der Waals surface area contributed by atoms with Crippen LogP contribution >= 0.6 is 0 Å². The molecule has 0 aromatic rings. The van der Waals surface area contributed by atoms with Gasteiger partial charge in [-0.1, -0.05) is 64.6 Å². The lowest BCUT2D eigenvalue weighted by Crippen LogP contribution is -2.12. The number of hydrogen-bond acceptors (Lipinski definition) is 1. The maximum Gasteiger partial charge on any atom is 0.166 e. The predicted octanol–water partition coefficient (Wildman–Crippen LogP) is 8.13. The van der Waals surface area contributed by atoms with Crippen LogP contribution in [0.3, 0.4) is 0 Å². The van der Waals surface area contributed by atoms with Crippen LogP contribution in [0, 0.1) is 5.92 Å². The second-order valence-electron chi connectivity index (χ2n) is 6.99. The molecule has 0 heterocycles. The molecule has 0 bridgehead atoms. The van der Waals surface area contributed by atoms with Gasteiger partial charge in [-0.2, -0.15) is 0 Å². The Labute approximate surface area is 179 Å². The van der Waals surface area contributed by atoms with Gasteiger partial charge in [-0.3, -0.25) is 0 Å². The zero-order chi connectivity index (χ0) is 23.6. The Morgan fingerprint density at radius 3 is 1.83 bits per heavy atom. The van der Waals surface area contributed by atoms with Gasteiger partial charge in [-0.25, -0.2) is 13.2 Å². The van der Waals surface area contributed by atoms with Gasteiger partial charge in [0.2, 0.25) is 0 Å². The van der Waals surface area contributed by atoms with Crippen LogP contribution in [-0.2, 0) is 4.74 Å². The van der Waals surface area contributed by atoms with Crippen LogP contribution in [0.1, 0.15) is 20.8 Å². The number of allylic oxidation sites excluding steroid dienone is 11. The van der Waals surface area contributed by atoms with E-state index in [4.69, 9.17) is 4.74 Å². The highest BCUT2D eigenvalue weighted by Gasteiger charge is 2.13. The van der Waals surface area contributed by atoms with Crippen molar-refractivity contribution in [2.24, 2.45) is 5.92 Å². The van der Waals surface area contributed by atoms with E-state index in [-0.39, 0.29) is 39.9 Å². The molecule has 0 amide bonds. The highest BCUT2D eigenvalue weighted by atomic mass is 19.2. The summed E-state index contributed by atoms with van der Waals surface area (Å²) in [5, 5.41) is 0. The first-order chi connectivity index (χ1) is 13.8. The number of rotatable bonds is 13. The first-order valence-corrected chi connectivity index (χ1v) is 9.29. The van der Waals surface area contributed by atoms with Crippen LogP contribution in [0.15, 0.2) is 121 Å². The van der Waals surface area contributed by atoms with Crippen LogP contribution in [-0.4, -0.2) is 12.7 Å². The topological polar surface area (TPSA) is 9.23 Å². The summed E-state index contributed by atoms with van der Waals surface area (Å²) in [6.45, 7) is 30.8. The van der Waals surface area contributed by atoms with Gasteiger partial charge in [0, 0.05) is 17.1 Å². The summed E-state index contributed by atoms with van der Waals surface area (Å²) >= 11 is 0. The van der Waals surface area contributed by atoms with Crippen LogP contribution in [0.5, 0.6) is 0 Å². The van der Waals surface area contributed by atoms with Crippen molar-refractivity contribution >= 4 is 0 Å². The van der Waals surface area contributed by atoms with Crippen molar-refractivity contribution in [3.63, 3.8) is 0 Å². The molecule has 0 aliphatic rings. The second-order valence-corrected chi connectivity index (χ2v) is 6.99. The van der Waals surface area contributed by atoms with E-state index >= 15 is 0 Å². The number of ether oxygens (including phenoxy) is 1. The van der Waals surface area contributed by atoms with Crippen molar-refractivity contribution in [1.82, 2.24) is 0 Å².